The van der Waals surface area contributed by atoms with Gasteiger partial charge in [0, 0.05) is 24.8 Å². The van der Waals surface area contributed by atoms with E-state index < -0.39 is 11.7 Å². The number of amidine groups is 1. The van der Waals surface area contributed by atoms with E-state index in [0.717, 1.165) is 5.12 Å². The van der Waals surface area contributed by atoms with Gasteiger partial charge in [0.05, 0.1) is 5.02 Å². The molecule has 2 aromatic rings. The van der Waals surface area contributed by atoms with Crippen LogP contribution in [-0.4, -0.2) is 28.9 Å². The Bertz CT molecular complexity index is 824. The highest BCUT2D eigenvalue weighted by atomic mass is 35.5. The minimum absolute atomic E-state index is 0.00222. The first-order valence-electron chi connectivity index (χ1n) is 7.30. The molecule has 0 saturated carbocycles. The molecule has 132 valence electrons. The molecule has 0 spiro atoms. The average molecular weight is 365 g/mol. The molecule has 5 N–H and O–H groups in total. The first-order valence-corrected chi connectivity index (χ1v) is 7.67. The maximum absolute atomic E-state index is 13.2. The first-order chi connectivity index (χ1) is 11.8. The van der Waals surface area contributed by atoms with Crippen molar-refractivity contribution in [3.8, 4) is 0 Å². The van der Waals surface area contributed by atoms with Crippen LogP contribution in [0.5, 0.6) is 0 Å². The third-order valence-electron chi connectivity index (χ3n) is 3.18. The molecule has 1 amide bonds. The highest BCUT2D eigenvalue weighted by Gasteiger charge is 2.12. The van der Waals surface area contributed by atoms with Crippen LogP contribution in [0, 0.1) is 12.7 Å². The van der Waals surface area contributed by atoms with Crippen LogP contribution in [0.2, 0.25) is 5.02 Å². The van der Waals surface area contributed by atoms with Gasteiger partial charge < -0.3 is 11.1 Å². The number of aryl methyl sites for hydroxylation is 1. The van der Waals surface area contributed by atoms with Crippen LogP contribution in [0.3, 0.4) is 0 Å². The summed E-state index contributed by atoms with van der Waals surface area (Å²) in [5, 5.41) is 7.66. The zero-order valence-corrected chi connectivity index (χ0v) is 14.5. The van der Waals surface area contributed by atoms with E-state index in [2.05, 4.69) is 15.4 Å². The van der Waals surface area contributed by atoms with Gasteiger partial charge in [0.15, 0.2) is 5.84 Å². The molecule has 0 aliphatic rings. The van der Waals surface area contributed by atoms with Gasteiger partial charge in [-0.3, -0.25) is 4.79 Å². The summed E-state index contributed by atoms with van der Waals surface area (Å²) in [6.45, 7) is 1.92. The number of halogens is 2. The van der Waals surface area contributed by atoms with E-state index in [0.29, 0.717) is 16.8 Å². The van der Waals surface area contributed by atoms with Gasteiger partial charge in [-0.05, 0) is 36.8 Å². The van der Waals surface area contributed by atoms with Crippen molar-refractivity contribution in [2.75, 3.05) is 7.05 Å². The normalized spacial score (nSPS) is 11.3. The Morgan fingerprint density at radius 3 is 2.76 bits per heavy atom. The fourth-order valence-corrected chi connectivity index (χ4v) is 2.29. The van der Waals surface area contributed by atoms with E-state index in [1.54, 1.807) is 19.1 Å². The molecular weight excluding hydrogens is 347 g/mol. The molecule has 0 fully saturated rings. The van der Waals surface area contributed by atoms with Gasteiger partial charge in [0.25, 0.3) is 5.91 Å². The summed E-state index contributed by atoms with van der Waals surface area (Å²) in [7, 11) is 1.53. The zero-order chi connectivity index (χ0) is 18.6. The fraction of sp³-hybridized carbons (Fsp3) is 0.188. The van der Waals surface area contributed by atoms with E-state index in [1.165, 1.54) is 25.2 Å². The van der Waals surface area contributed by atoms with Crippen LogP contribution in [0.1, 0.15) is 27.3 Å². The van der Waals surface area contributed by atoms with Gasteiger partial charge in [0.2, 0.25) is 0 Å². The number of rotatable bonds is 5. The van der Waals surface area contributed by atoms with Crippen molar-refractivity contribution < 1.29 is 9.18 Å². The van der Waals surface area contributed by atoms with Gasteiger partial charge in [0.1, 0.15) is 11.5 Å². The lowest BCUT2D eigenvalue weighted by atomic mass is 10.1. The van der Waals surface area contributed by atoms with Gasteiger partial charge in [-0.2, -0.15) is 0 Å². The second-order valence-electron chi connectivity index (χ2n) is 5.37. The minimum Gasteiger partial charge on any atom is -0.382 e. The predicted molar refractivity (Wildman–Crippen MR) is 94.2 cm³/mol. The summed E-state index contributed by atoms with van der Waals surface area (Å²) < 4.78 is 13.2. The lowest BCUT2D eigenvalue weighted by molar-refractivity contribution is 0.0945. The van der Waals surface area contributed by atoms with Crippen molar-refractivity contribution in [2.45, 2.75) is 13.5 Å². The Kier molecular flexibility index (Phi) is 5.89. The Hall–Kier alpha value is -2.71. The van der Waals surface area contributed by atoms with Gasteiger partial charge in [-0.25, -0.2) is 20.3 Å². The Morgan fingerprint density at radius 2 is 2.12 bits per heavy atom. The molecule has 0 radical (unpaired) electrons. The van der Waals surface area contributed by atoms with Gasteiger partial charge in [-0.15, -0.1) is 5.10 Å². The van der Waals surface area contributed by atoms with Crippen molar-refractivity contribution in [1.82, 2.24) is 15.4 Å². The topological polar surface area (TPSA) is 110 Å². The molecule has 0 saturated heterocycles. The zero-order valence-electron chi connectivity index (χ0n) is 13.8. The quantitative estimate of drug-likeness (QED) is 0.322. The van der Waals surface area contributed by atoms with Crippen LogP contribution < -0.4 is 16.9 Å². The summed E-state index contributed by atoms with van der Waals surface area (Å²) in [5.74, 6) is 4.68. The molecule has 25 heavy (non-hydrogen) atoms. The number of aromatic nitrogens is 1. The number of hydrogen-bond acceptors (Lipinski definition) is 5. The number of hydrazone groups is 1. The maximum atomic E-state index is 13.2. The number of carbonyl (C=O) groups excluding carboxylic acids is 1. The predicted octanol–water partition coefficient (Wildman–Crippen LogP) is 1.54. The molecule has 2 rings (SSSR count). The number of nitrogens with zero attached hydrogens (tertiary/aromatic N) is 3. The first kappa shape index (κ1) is 18.6. The number of amides is 1. The fourth-order valence-electron chi connectivity index (χ4n) is 2.08. The van der Waals surface area contributed by atoms with E-state index in [9.17, 15) is 9.18 Å². The molecule has 1 heterocycles. The van der Waals surface area contributed by atoms with E-state index >= 15 is 0 Å². The SMILES string of the molecule is Cc1cc(/C(N)=N/N(C)N)cc(C(=O)NCc2ccc(F)c(Cl)c2)n1. The highest BCUT2D eigenvalue weighted by Crippen LogP contribution is 2.16. The van der Waals surface area contributed by atoms with Crippen LogP contribution in [-0.2, 0) is 6.54 Å². The molecular formula is C16H18ClFN6O. The second-order valence-corrected chi connectivity index (χ2v) is 5.78. The Labute approximate surface area is 149 Å². The summed E-state index contributed by atoms with van der Waals surface area (Å²) in [5.41, 5.74) is 7.82. The number of hydrazine groups is 1. The standard InChI is InChI=1S/C16H18ClFN6O/c1-9-5-11(15(19)23-24(2)20)7-14(22-9)16(25)21-8-10-3-4-13(18)12(17)6-10/h3-7H,8,20H2,1-2H3,(H2,19,23)(H,21,25). The van der Waals surface area contributed by atoms with E-state index in [-0.39, 0.29) is 23.1 Å². The van der Waals surface area contributed by atoms with Gasteiger partial charge >= 0.3 is 0 Å². The van der Waals surface area contributed by atoms with Crippen LogP contribution >= 0.6 is 11.6 Å². The van der Waals surface area contributed by atoms with Crippen molar-refractivity contribution in [3.63, 3.8) is 0 Å². The van der Waals surface area contributed by atoms with Crippen molar-refractivity contribution in [2.24, 2.45) is 16.7 Å². The maximum Gasteiger partial charge on any atom is 0.270 e. The molecule has 9 heteroatoms. The molecule has 0 atom stereocenters. The van der Waals surface area contributed by atoms with Crippen molar-refractivity contribution in [1.29, 1.82) is 0 Å². The number of benzene rings is 1. The number of hydrogen-bond donors (Lipinski definition) is 3. The molecule has 0 bridgehead atoms. The summed E-state index contributed by atoms with van der Waals surface area (Å²) >= 11 is 5.72. The number of nitrogens with two attached hydrogens (primary N) is 2. The van der Waals surface area contributed by atoms with Crippen LogP contribution in [0.15, 0.2) is 35.4 Å². The average Bonchev–Trinajstić information content (AvgIpc) is 2.54. The molecule has 1 aromatic carbocycles. The summed E-state index contributed by atoms with van der Waals surface area (Å²) in [4.78, 5) is 16.5. The minimum atomic E-state index is -0.513. The third-order valence-corrected chi connectivity index (χ3v) is 3.47. The highest BCUT2D eigenvalue weighted by molar-refractivity contribution is 6.30. The number of nitrogens with one attached hydrogen (secondary N) is 1. The van der Waals surface area contributed by atoms with Gasteiger partial charge in [-0.1, -0.05) is 17.7 Å². The van der Waals surface area contributed by atoms with Crippen molar-refractivity contribution in [3.05, 3.63) is 63.7 Å². The lowest BCUT2D eigenvalue weighted by Crippen LogP contribution is -2.27. The molecule has 0 aliphatic heterocycles. The molecule has 0 aliphatic carbocycles. The summed E-state index contributed by atoms with van der Waals surface area (Å²) in [6.07, 6.45) is 0. The monoisotopic (exact) mass is 364 g/mol. The number of carbonyl (C=O) groups is 1. The lowest BCUT2D eigenvalue weighted by Gasteiger charge is -2.10. The Morgan fingerprint density at radius 1 is 1.40 bits per heavy atom. The molecule has 0 unspecified atom stereocenters. The van der Waals surface area contributed by atoms with E-state index in [1.807, 2.05) is 0 Å². The van der Waals surface area contributed by atoms with Crippen LogP contribution in [0.4, 0.5) is 4.39 Å². The van der Waals surface area contributed by atoms with E-state index in [4.69, 9.17) is 23.2 Å². The summed E-state index contributed by atoms with van der Waals surface area (Å²) in [6, 6.07) is 7.45. The molecule has 1 aromatic heterocycles. The van der Waals surface area contributed by atoms with Crippen molar-refractivity contribution >= 4 is 23.3 Å². The second kappa shape index (κ2) is 7.91. The number of pyridine rings is 1. The third kappa shape index (κ3) is 5.13. The Balaban J connectivity index is 2.16. The van der Waals surface area contributed by atoms with Crippen LogP contribution in [0.25, 0.3) is 0 Å². The largest absolute Gasteiger partial charge is 0.382 e. The molecule has 7 nitrogen and oxygen atoms in total. The smallest absolute Gasteiger partial charge is 0.270 e.